The number of nitrogens with zero attached hydrogens (tertiary/aromatic N) is 4. The summed E-state index contributed by atoms with van der Waals surface area (Å²) >= 11 is 0. The molecule has 5 heteroatoms. The standard InChI is InChI=1S/C13H23N5/c1-4-11-12(14)15-9-16-13(11)18-7-5-6-10(8-18)17(2)3/h9-10H,4-8H2,1-3H3,(H2,14,15,16). The quantitative estimate of drug-likeness (QED) is 0.871. The Kier molecular flexibility index (Phi) is 4.01. The predicted octanol–water partition coefficient (Wildman–Crippen LogP) is 1.15. The summed E-state index contributed by atoms with van der Waals surface area (Å²) in [6, 6.07) is 0.597. The first-order valence-corrected chi connectivity index (χ1v) is 6.64. The van der Waals surface area contributed by atoms with Crippen LogP contribution in [0.3, 0.4) is 0 Å². The molecule has 2 rings (SSSR count). The highest BCUT2D eigenvalue weighted by Crippen LogP contribution is 2.25. The molecule has 1 atom stereocenters. The number of aromatic nitrogens is 2. The third-order valence-corrected chi connectivity index (χ3v) is 3.74. The van der Waals surface area contributed by atoms with Crippen molar-refractivity contribution in [3.63, 3.8) is 0 Å². The zero-order chi connectivity index (χ0) is 13.1. The fourth-order valence-electron chi connectivity index (χ4n) is 2.60. The number of likely N-dealkylation sites (N-methyl/N-ethyl adjacent to an activating group) is 1. The van der Waals surface area contributed by atoms with E-state index in [9.17, 15) is 0 Å². The van der Waals surface area contributed by atoms with Crippen molar-refractivity contribution in [3.05, 3.63) is 11.9 Å². The van der Waals surface area contributed by atoms with Gasteiger partial charge in [0.15, 0.2) is 0 Å². The van der Waals surface area contributed by atoms with E-state index in [4.69, 9.17) is 5.73 Å². The molecule has 1 aromatic rings. The molecule has 18 heavy (non-hydrogen) atoms. The van der Waals surface area contributed by atoms with E-state index >= 15 is 0 Å². The third kappa shape index (κ3) is 2.56. The monoisotopic (exact) mass is 249 g/mol. The van der Waals surface area contributed by atoms with Crippen molar-refractivity contribution in [3.8, 4) is 0 Å². The molecule has 0 aromatic carbocycles. The van der Waals surface area contributed by atoms with Crippen LogP contribution in [0.25, 0.3) is 0 Å². The van der Waals surface area contributed by atoms with Crippen LogP contribution in [0.2, 0.25) is 0 Å². The second kappa shape index (κ2) is 5.52. The van der Waals surface area contributed by atoms with Crippen LogP contribution in [0.15, 0.2) is 6.33 Å². The summed E-state index contributed by atoms with van der Waals surface area (Å²) in [5, 5.41) is 0. The van der Waals surface area contributed by atoms with E-state index in [0.717, 1.165) is 30.9 Å². The second-order valence-electron chi connectivity index (χ2n) is 5.12. The highest BCUT2D eigenvalue weighted by atomic mass is 15.2. The van der Waals surface area contributed by atoms with Gasteiger partial charge in [-0.2, -0.15) is 0 Å². The third-order valence-electron chi connectivity index (χ3n) is 3.74. The van der Waals surface area contributed by atoms with E-state index in [1.807, 2.05) is 0 Å². The zero-order valence-corrected chi connectivity index (χ0v) is 11.6. The van der Waals surface area contributed by atoms with Gasteiger partial charge in [-0.25, -0.2) is 9.97 Å². The first-order chi connectivity index (χ1) is 8.63. The second-order valence-corrected chi connectivity index (χ2v) is 5.12. The zero-order valence-electron chi connectivity index (χ0n) is 11.6. The van der Waals surface area contributed by atoms with Crippen LogP contribution in [-0.2, 0) is 6.42 Å². The maximum Gasteiger partial charge on any atom is 0.137 e. The van der Waals surface area contributed by atoms with Gasteiger partial charge in [0.1, 0.15) is 18.0 Å². The molecule has 5 nitrogen and oxygen atoms in total. The normalized spacial score (nSPS) is 20.4. The largest absolute Gasteiger partial charge is 0.383 e. The molecule has 1 unspecified atom stereocenters. The SMILES string of the molecule is CCc1c(N)ncnc1N1CCCC(N(C)C)C1. The van der Waals surface area contributed by atoms with Crippen LogP contribution >= 0.6 is 0 Å². The molecule has 0 spiro atoms. The summed E-state index contributed by atoms with van der Waals surface area (Å²) < 4.78 is 0. The Hall–Kier alpha value is -1.36. The summed E-state index contributed by atoms with van der Waals surface area (Å²) in [6.45, 7) is 4.19. The number of anilines is 2. The summed E-state index contributed by atoms with van der Waals surface area (Å²) in [7, 11) is 4.28. The van der Waals surface area contributed by atoms with Crippen molar-refractivity contribution in [2.45, 2.75) is 32.2 Å². The first kappa shape index (κ1) is 13.1. The highest BCUT2D eigenvalue weighted by molar-refractivity contribution is 5.56. The number of rotatable bonds is 3. The van der Waals surface area contributed by atoms with Gasteiger partial charge >= 0.3 is 0 Å². The average Bonchev–Trinajstić information content (AvgIpc) is 2.38. The van der Waals surface area contributed by atoms with E-state index in [0.29, 0.717) is 11.9 Å². The van der Waals surface area contributed by atoms with E-state index in [1.165, 1.54) is 12.8 Å². The molecule has 2 N–H and O–H groups in total. The molecule has 0 bridgehead atoms. The van der Waals surface area contributed by atoms with Crippen LogP contribution in [0, 0.1) is 0 Å². The molecule has 0 aliphatic carbocycles. The van der Waals surface area contributed by atoms with Crippen molar-refractivity contribution in [1.82, 2.24) is 14.9 Å². The Morgan fingerprint density at radius 3 is 2.89 bits per heavy atom. The number of hydrogen-bond donors (Lipinski definition) is 1. The minimum absolute atomic E-state index is 0.597. The number of nitrogen functional groups attached to an aromatic ring is 1. The smallest absolute Gasteiger partial charge is 0.137 e. The van der Waals surface area contributed by atoms with Crippen molar-refractivity contribution in [2.24, 2.45) is 0 Å². The Morgan fingerprint density at radius 2 is 2.22 bits per heavy atom. The van der Waals surface area contributed by atoms with Crippen LogP contribution in [0.1, 0.15) is 25.3 Å². The minimum Gasteiger partial charge on any atom is -0.383 e. The maximum atomic E-state index is 5.94. The summed E-state index contributed by atoms with van der Waals surface area (Å²) in [5.41, 5.74) is 7.03. The molecule has 1 aromatic heterocycles. The highest BCUT2D eigenvalue weighted by Gasteiger charge is 2.24. The van der Waals surface area contributed by atoms with Gasteiger partial charge in [-0.05, 0) is 33.4 Å². The van der Waals surface area contributed by atoms with Crippen LogP contribution in [0.5, 0.6) is 0 Å². The summed E-state index contributed by atoms with van der Waals surface area (Å²) in [5.74, 6) is 1.64. The van der Waals surface area contributed by atoms with Crippen molar-refractivity contribution < 1.29 is 0 Å². The molecule has 2 heterocycles. The molecular weight excluding hydrogens is 226 g/mol. The Bertz CT molecular complexity index is 404. The lowest BCUT2D eigenvalue weighted by Gasteiger charge is -2.37. The van der Waals surface area contributed by atoms with Gasteiger partial charge in [-0.3, -0.25) is 0 Å². The van der Waals surface area contributed by atoms with Gasteiger partial charge in [0.25, 0.3) is 0 Å². The Balaban J connectivity index is 2.23. The van der Waals surface area contributed by atoms with Crippen LogP contribution in [-0.4, -0.2) is 48.1 Å². The molecule has 0 saturated carbocycles. The van der Waals surface area contributed by atoms with Gasteiger partial charge < -0.3 is 15.5 Å². The molecular formula is C13H23N5. The molecule has 100 valence electrons. The molecule has 1 fully saturated rings. The van der Waals surface area contributed by atoms with Crippen LogP contribution in [0.4, 0.5) is 11.6 Å². The topological polar surface area (TPSA) is 58.3 Å². The molecule has 0 radical (unpaired) electrons. The van der Waals surface area contributed by atoms with E-state index in [2.05, 4.69) is 40.8 Å². The fraction of sp³-hybridized carbons (Fsp3) is 0.692. The van der Waals surface area contributed by atoms with E-state index in [-0.39, 0.29) is 0 Å². The van der Waals surface area contributed by atoms with Gasteiger partial charge in [0, 0.05) is 24.7 Å². The van der Waals surface area contributed by atoms with Gasteiger partial charge in [0.2, 0.25) is 0 Å². The first-order valence-electron chi connectivity index (χ1n) is 6.64. The van der Waals surface area contributed by atoms with Crippen molar-refractivity contribution in [1.29, 1.82) is 0 Å². The fourth-order valence-corrected chi connectivity index (χ4v) is 2.60. The minimum atomic E-state index is 0.597. The van der Waals surface area contributed by atoms with Gasteiger partial charge in [-0.1, -0.05) is 6.92 Å². The molecule has 1 aliphatic heterocycles. The Morgan fingerprint density at radius 1 is 1.44 bits per heavy atom. The Labute approximate surface area is 109 Å². The van der Waals surface area contributed by atoms with E-state index in [1.54, 1.807) is 6.33 Å². The lowest BCUT2D eigenvalue weighted by atomic mass is 10.0. The van der Waals surface area contributed by atoms with Gasteiger partial charge in [-0.15, -0.1) is 0 Å². The van der Waals surface area contributed by atoms with Crippen LogP contribution < -0.4 is 10.6 Å². The lowest BCUT2D eigenvalue weighted by Crippen LogP contribution is -2.45. The van der Waals surface area contributed by atoms with Crippen molar-refractivity contribution in [2.75, 3.05) is 37.8 Å². The van der Waals surface area contributed by atoms with E-state index < -0.39 is 0 Å². The number of hydrogen-bond acceptors (Lipinski definition) is 5. The summed E-state index contributed by atoms with van der Waals surface area (Å²) in [6.07, 6.45) is 4.91. The predicted molar refractivity (Wildman–Crippen MR) is 74.7 cm³/mol. The van der Waals surface area contributed by atoms with Crippen molar-refractivity contribution >= 4 is 11.6 Å². The van der Waals surface area contributed by atoms with Gasteiger partial charge in [0.05, 0.1) is 0 Å². The number of nitrogens with two attached hydrogens (primary N) is 1. The summed E-state index contributed by atoms with van der Waals surface area (Å²) in [4.78, 5) is 13.2. The number of piperidine rings is 1. The molecule has 1 saturated heterocycles. The molecule has 0 amide bonds. The molecule has 1 aliphatic rings. The lowest BCUT2D eigenvalue weighted by molar-refractivity contribution is 0.257. The maximum absolute atomic E-state index is 5.94. The average molecular weight is 249 g/mol.